The lowest BCUT2D eigenvalue weighted by Crippen LogP contribution is -2.45. The Labute approximate surface area is 161 Å². The maximum atomic E-state index is 12.7. The molecule has 0 unspecified atom stereocenters. The van der Waals surface area contributed by atoms with Crippen LogP contribution in [0.1, 0.15) is 12.7 Å². The molecular weight excluding hydrogens is 368 g/mol. The van der Waals surface area contributed by atoms with Crippen LogP contribution in [-0.2, 0) is 6.54 Å². The maximum absolute atomic E-state index is 12.7. The van der Waals surface area contributed by atoms with Crippen molar-refractivity contribution in [3.05, 3.63) is 50.8 Å². The van der Waals surface area contributed by atoms with E-state index in [0.29, 0.717) is 17.0 Å². The number of likely N-dealkylation sites (N-methyl/N-ethyl adjacent to an activating group) is 1. The van der Waals surface area contributed by atoms with Crippen molar-refractivity contribution in [2.24, 2.45) is 0 Å². The number of halogens is 1. The second-order valence-electron chi connectivity index (χ2n) is 6.53. The van der Waals surface area contributed by atoms with E-state index in [9.17, 15) is 4.79 Å². The zero-order chi connectivity index (χ0) is 18.1. The van der Waals surface area contributed by atoms with E-state index in [-0.39, 0.29) is 5.56 Å². The molecule has 0 radical (unpaired) electrons. The number of aromatic amines is 1. The van der Waals surface area contributed by atoms with Gasteiger partial charge in [-0.25, -0.2) is 4.98 Å². The molecule has 0 bridgehead atoms. The minimum Gasteiger partial charge on any atom is -0.309 e. The number of rotatable bonds is 4. The van der Waals surface area contributed by atoms with Crippen LogP contribution >= 0.6 is 22.9 Å². The van der Waals surface area contributed by atoms with Crippen molar-refractivity contribution in [1.29, 1.82) is 0 Å². The summed E-state index contributed by atoms with van der Waals surface area (Å²) >= 11 is 7.81. The van der Waals surface area contributed by atoms with Gasteiger partial charge in [0.25, 0.3) is 5.56 Å². The molecule has 26 heavy (non-hydrogen) atoms. The van der Waals surface area contributed by atoms with E-state index < -0.39 is 0 Å². The van der Waals surface area contributed by atoms with Crippen molar-refractivity contribution >= 4 is 33.2 Å². The van der Waals surface area contributed by atoms with Gasteiger partial charge in [0, 0.05) is 47.7 Å². The topological polar surface area (TPSA) is 52.2 Å². The monoisotopic (exact) mass is 388 g/mol. The van der Waals surface area contributed by atoms with Gasteiger partial charge in [-0.05, 0) is 12.6 Å². The average Bonchev–Trinajstić information content (AvgIpc) is 3.07. The standard InChI is InChI=1S/C19H21ClN4OS/c1-2-23-7-9-24(10-8-23)11-16-21-18(25)17-14(12-26-19(17)22-16)13-5-3-4-6-15(13)20/h3-6,12H,2,7-11H2,1H3,(H,21,22,25). The fraction of sp³-hybridized carbons (Fsp3) is 0.368. The van der Waals surface area contributed by atoms with Gasteiger partial charge in [0.15, 0.2) is 0 Å². The van der Waals surface area contributed by atoms with Gasteiger partial charge in [-0.2, -0.15) is 0 Å². The summed E-state index contributed by atoms with van der Waals surface area (Å²) in [6, 6.07) is 7.59. The zero-order valence-electron chi connectivity index (χ0n) is 14.7. The number of thiophene rings is 1. The number of nitrogens with one attached hydrogen (secondary N) is 1. The van der Waals surface area contributed by atoms with Crippen LogP contribution in [-0.4, -0.2) is 52.5 Å². The Bertz CT molecular complexity index is 975. The van der Waals surface area contributed by atoms with Gasteiger partial charge in [0.2, 0.25) is 0 Å². The van der Waals surface area contributed by atoms with Crippen molar-refractivity contribution in [2.75, 3.05) is 32.7 Å². The highest BCUT2D eigenvalue weighted by molar-refractivity contribution is 7.17. The van der Waals surface area contributed by atoms with Crippen LogP contribution in [0, 0.1) is 0 Å². The molecule has 4 rings (SSSR count). The molecule has 1 saturated heterocycles. The van der Waals surface area contributed by atoms with Crippen LogP contribution in [0.2, 0.25) is 5.02 Å². The lowest BCUT2D eigenvalue weighted by atomic mass is 10.1. The van der Waals surface area contributed by atoms with Crippen molar-refractivity contribution in [1.82, 2.24) is 19.8 Å². The Balaban J connectivity index is 1.63. The highest BCUT2D eigenvalue weighted by atomic mass is 35.5. The number of hydrogen-bond acceptors (Lipinski definition) is 5. The summed E-state index contributed by atoms with van der Waals surface area (Å²) in [6.07, 6.45) is 0. The molecule has 1 aliphatic rings. The number of fused-ring (bicyclic) bond motifs is 1. The third kappa shape index (κ3) is 3.42. The summed E-state index contributed by atoms with van der Waals surface area (Å²) in [5, 5.41) is 3.24. The van der Waals surface area contributed by atoms with Crippen LogP contribution < -0.4 is 5.56 Å². The Morgan fingerprint density at radius 2 is 1.88 bits per heavy atom. The Morgan fingerprint density at radius 3 is 2.62 bits per heavy atom. The van der Waals surface area contributed by atoms with Gasteiger partial charge >= 0.3 is 0 Å². The van der Waals surface area contributed by atoms with E-state index in [1.165, 1.54) is 11.3 Å². The highest BCUT2D eigenvalue weighted by Gasteiger charge is 2.18. The zero-order valence-corrected chi connectivity index (χ0v) is 16.2. The summed E-state index contributed by atoms with van der Waals surface area (Å²) in [4.78, 5) is 26.0. The van der Waals surface area contributed by atoms with E-state index in [2.05, 4.69) is 21.7 Å². The Kier molecular flexibility index (Phi) is 5.09. The summed E-state index contributed by atoms with van der Waals surface area (Å²) in [6.45, 7) is 8.11. The molecule has 5 nitrogen and oxygen atoms in total. The van der Waals surface area contributed by atoms with Crippen LogP contribution in [0.4, 0.5) is 0 Å². The summed E-state index contributed by atoms with van der Waals surface area (Å²) < 4.78 is 0. The van der Waals surface area contributed by atoms with Crippen molar-refractivity contribution < 1.29 is 0 Å². The minimum absolute atomic E-state index is 0.0895. The number of hydrogen-bond donors (Lipinski definition) is 1. The average molecular weight is 389 g/mol. The quantitative estimate of drug-likeness (QED) is 0.743. The third-order valence-electron chi connectivity index (χ3n) is 4.94. The fourth-order valence-corrected chi connectivity index (χ4v) is 4.62. The summed E-state index contributed by atoms with van der Waals surface area (Å²) in [5.74, 6) is 0.736. The molecule has 7 heteroatoms. The highest BCUT2D eigenvalue weighted by Crippen LogP contribution is 2.34. The first-order valence-electron chi connectivity index (χ1n) is 8.85. The molecule has 2 aromatic heterocycles. The predicted octanol–water partition coefficient (Wildman–Crippen LogP) is 3.44. The van der Waals surface area contributed by atoms with Crippen LogP contribution in [0.3, 0.4) is 0 Å². The lowest BCUT2D eigenvalue weighted by Gasteiger charge is -2.33. The maximum Gasteiger partial charge on any atom is 0.260 e. The number of nitrogens with zero attached hydrogens (tertiary/aromatic N) is 3. The largest absolute Gasteiger partial charge is 0.309 e. The van der Waals surface area contributed by atoms with Gasteiger partial charge < -0.3 is 9.88 Å². The predicted molar refractivity (Wildman–Crippen MR) is 108 cm³/mol. The first kappa shape index (κ1) is 17.7. The molecule has 3 aromatic rings. The van der Waals surface area contributed by atoms with Crippen LogP contribution in [0.15, 0.2) is 34.4 Å². The van der Waals surface area contributed by atoms with E-state index in [1.807, 2.05) is 29.6 Å². The molecule has 1 aliphatic heterocycles. The second kappa shape index (κ2) is 7.48. The number of aromatic nitrogens is 2. The van der Waals surface area contributed by atoms with Gasteiger partial charge in [-0.3, -0.25) is 9.69 Å². The Morgan fingerprint density at radius 1 is 1.15 bits per heavy atom. The molecule has 0 spiro atoms. The first-order chi connectivity index (χ1) is 12.7. The first-order valence-corrected chi connectivity index (χ1v) is 10.1. The number of H-pyrrole nitrogens is 1. The van der Waals surface area contributed by atoms with Crippen molar-refractivity contribution in [3.8, 4) is 11.1 Å². The lowest BCUT2D eigenvalue weighted by molar-refractivity contribution is 0.129. The molecule has 0 aliphatic carbocycles. The molecule has 3 heterocycles. The molecule has 1 N–H and O–H groups in total. The number of benzene rings is 1. The minimum atomic E-state index is -0.0895. The van der Waals surface area contributed by atoms with E-state index >= 15 is 0 Å². The molecule has 0 amide bonds. The molecule has 0 atom stereocenters. The molecule has 1 fully saturated rings. The van der Waals surface area contributed by atoms with Gasteiger partial charge in [0.05, 0.1) is 11.9 Å². The third-order valence-corrected chi connectivity index (χ3v) is 6.14. The van der Waals surface area contributed by atoms with E-state index in [4.69, 9.17) is 16.6 Å². The van der Waals surface area contributed by atoms with Gasteiger partial charge in [-0.15, -0.1) is 11.3 Å². The van der Waals surface area contributed by atoms with Gasteiger partial charge in [0.1, 0.15) is 10.7 Å². The fourth-order valence-electron chi connectivity index (χ4n) is 3.42. The Hall–Kier alpha value is -1.73. The molecule has 0 saturated carbocycles. The second-order valence-corrected chi connectivity index (χ2v) is 7.80. The van der Waals surface area contributed by atoms with Gasteiger partial charge in [-0.1, -0.05) is 36.7 Å². The van der Waals surface area contributed by atoms with Crippen molar-refractivity contribution in [3.63, 3.8) is 0 Å². The van der Waals surface area contributed by atoms with E-state index in [0.717, 1.165) is 54.5 Å². The normalized spacial score (nSPS) is 16.4. The summed E-state index contributed by atoms with van der Waals surface area (Å²) in [5.41, 5.74) is 1.64. The molecule has 136 valence electrons. The smallest absolute Gasteiger partial charge is 0.260 e. The number of piperazine rings is 1. The SMILES string of the molecule is CCN1CCN(Cc2nc3scc(-c4ccccc4Cl)c3c(=O)[nH]2)CC1. The van der Waals surface area contributed by atoms with Crippen molar-refractivity contribution in [2.45, 2.75) is 13.5 Å². The molecular formula is C19H21ClN4OS. The van der Waals surface area contributed by atoms with Crippen LogP contribution in [0.25, 0.3) is 21.3 Å². The van der Waals surface area contributed by atoms with Crippen LogP contribution in [0.5, 0.6) is 0 Å². The molecule has 1 aromatic carbocycles. The summed E-state index contributed by atoms with van der Waals surface area (Å²) in [7, 11) is 0. The van der Waals surface area contributed by atoms with E-state index in [1.54, 1.807) is 0 Å².